The molecule has 4 heterocycles. The molecule has 0 aliphatic carbocycles. The number of ether oxygens (including phenoxy) is 6. The van der Waals surface area contributed by atoms with E-state index in [0.717, 1.165) is 49.0 Å². The summed E-state index contributed by atoms with van der Waals surface area (Å²) in [7, 11) is 9.32. The number of nitrogens with zero attached hydrogens (tertiary/aromatic N) is 2. The van der Waals surface area contributed by atoms with Gasteiger partial charge in [0.2, 0.25) is 5.75 Å². The maximum Gasteiger partial charge on any atom is 0.412 e. The lowest BCUT2D eigenvalue weighted by Crippen LogP contribution is -2.34. The van der Waals surface area contributed by atoms with Gasteiger partial charge in [0, 0.05) is 36.8 Å². The molecule has 0 unspecified atom stereocenters. The minimum Gasteiger partial charge on any atom is -0.493 e. The molecule has 4 aliphatic rings. The Labute approximate surface area is 300 Å². The van der Waals surface area contributed by atoms with Crippen LogP contribution in [0.15, 0.2) is 60.7 Å². The van der Waals surface area contributed by atoms with E-state index < -0.39 is 6.09 Å². The van der Waals surface area contributed by atoms with Crippen LogP contribution in [0.1, 0.15) is 59.3 Å². The van der Waals surface area contributed by atoms with E-state index in [1.54, 1.807) is 21.3 Å². The zero-order chi connectivity index (χ0) is 35.8. The molecule has 51 heavy (non-hydrogen) atoms. The second kappa shape index (κ2) is 14.4. The molecule has 4 aromatic carbocycles. The maximum atomic E-state index is 12.7. The SMILES string of the molecule is COc1cc2c3cc1Oc1c(OC)c(OC)cc4c1[C@H](Cc1ccc(cc1)Oc1cc(ccc1OC(=O)NC(C)C)C[C@H]3N(C)CC2)N(C)CC4. The fourth-order valence-corrected chi connectivity index (χ4v) is 7.56. The fourth-order valence-electron chi connectivity index (χ4n) is 7.56. The van der Waals surface area contributed by atoms with Gasteiger partial charge in [-0.3, -0.25) is 9.80 Å². The van der Waals surface area contributed by atoms with Gasteiger partial charge in [-0.1, -0.05) is 18.2 Å². The van der Waals surface area contributed by atoms with E-state index in [1.807, 2.05) is 44.2 Å². The van der Waals surface area contributed by atoms with Gasteiger partial charge in [0.05, 0.1) is 21.3 Å². The van der Waals surface area contributed by atoms with Crippen molar-refractivity contribution < 1.29 is 33.2 Å². The lowest BCUT2D eigenvalue weighted by molar-refractivity contribution is 0.196. The van der Waals surface area contributed by atoms with Crippen LogP contribution in [0.2, 0.25) is 0 Å². The van der Waals surface area contributed by atoms with Crippen molar-refractivity contribution in [2.75, 3.05) is 48.5 Å². The van der Waals surface area contributed by atoms with Crippen LogP contribution in [0.5, 0.6) is 46.0 Å². The molecule has 0 fully saturated rings. The van der Waals surface area contributed by atoms with E-state index in [-0.39, 0.29) is 18.1 Å². The van der Waals surface area contributed by atoms with Crippen molar-refractivity contribution in [3.8, 4) is 46.0 Å². The molecule has 4 aromatic rings. The molecule has 1 N–H and O–H groups in total. The van der Waals surface area contributed by atoms with Crippen LogP contribution < -0.4 is 33.7 Å². The zero-order valence-corrected chi connectivity index (χ0v) is 30.5. The average Bonchev–Trinajstić information content (AvgIpc) is 3.11. The summed E-state index contributed by atoms with van der Waals surface area (Å²) in [5.41, 5.74) is 6.80. The maximum absolute atomic E-state index is 12.7. The minimum absolute atomic E-state index is 0.00661. The third-order valence-corrected chi connectivity index (χ3v) is 10.2. The largest absolute Gasteiger partial charge is 0.493 e. The van der Waals surface area contributed by atoms with Gasteiger partial charge in [-0.2, -0.15) is 0 Å². The van der Waals surface area contributed by atoms with Gasteiger partial charge in [0.15, 0.2) is 34.5 Å². The van der Waals surface area contributed by atoms with Gasteiger partial charge in [-0.15, -0.1) is 0 Å². The zero-order valence-electron chi connectivity index (χ0n) is 30.5. The first-order chi connectivity index (χ1) is 24.6. The molecule has 1 amide bonds. The Bertz CT molecular complexity index is 1930. The number of nitrogens with one attached hydrogen (secondary N) is 1. The van der Waals surface area contributed by atoms with Gasteiger partial charge in [-0.05, 0) is 124 Å². The summed E-state index contributed by atoms with van der Waals surface area (Å²) in [6.07, 6.45) is 2.61. The number of hydrogen-bond acceptors (Lipinski definition) is 9. The average molecular weight is 694 g/mol. The van der Waals surface area contributed by atoms with Crippen molar-refractivity contribution in [3.05, 3.63) is 94.0 Å². The van der Waals surface area contributed by atoms with Crippen molar-refractivity contribution in [1.82, 2.24) is 15.1 Å². The number of fused-ring (bicyclic) bond motifs is 2. The molecule has 0 radical (unpaired) electrons. The number of carbonyl (C=O) groups excluding carboxylic acids is 1. The monoisotopic (exact) mass is 693 g/mol. The standard InChI is InChI=1S/C41H47N3O7/c1-24(2)42-41(45)51-33-13-10-26-19-31-30-23-36(34(46-5)21-27(30)14-16-43(31)3)50-40-38-28(22-37(47-6)39(40)48-7)15-17-44(4)32(38)18-25-8-11-29(12-9-25)49-35(33)20-26/h8-13,20-24,31-32H,14-19H2,1-7H3,(H,42,45)/t31-,32+/m1/s1. The van der Waals surface area contributed by atoms with Crippen LogP contribution in [0, 0.1) is 0 Å². The van der Waals surface area contributed by atoms with Crippen molar-refractivity contribution in [3.63, 3.8) is 0 Å². The molecule has 4 aliphatic heterocycles. The molecule has 0 saturated heterocycles. The van der Waals surface area contributed by atoms with E-state index in [1.165, 1.54) is 16.7 Å². The third-order valence-electron chi connectivity index (χ3n) is 10.2. The summed E-state index contributed by atoms with van der Waals surface area (Å²) < 4.78 is 37.2. The van der Waals surface area contributed by atoms with E-state index >= 15 is 0 Å². The summed E-state index contributed by atoms with van der Waals surface area (Å²) in [5.74, 6) is 4.60. The van der Waals surface area contributed by atoms with Crippen molar-refractivity contribution in [1.29, 1.82) is 0 Å². The summed E-state index contributed by atoms with van der Waals surface area (Å²) in [4.78, 5) is 17.4. The predicted molar refractivity (Wildman–Crippen MR) is 195 cm³/mol. The molecule has 0 saturated carbocycles. The van der Waals surface area contributed by atoms with E-state index in [9.17, 15) is 4.79 Å². The number of rotatable bonds is 5. The number of carbonyl (C=O) groups is 1. The van der Waals surface area contributed by atoms with Gasteiger partial charge >= 0.3 is 6.09 Å². The first-order valence-corrected chi connectivity index (χ1v) is 17.6. The number of hydrogen-bond donors (Lipinski definition) is 1. The molecule has 268 valence electrons. The first kappa shape index (κ1) is 34.5. The molecule has 6 bridgehead atoms. The van der Waals surface area contributed by atoms with Crippen LogP contribution in [-0.2, 0) is 25.7 Å². The summed E-state index contributed by atoms with van der Waals surface area (Å²) in [6, 6.07) is 20.2. The topological polar surface area (TPSA) is 91.0 Å². The highest BCUT2D eigenvalue weighted by molar-refractivity contribution is 5.72. The predicted octanol–water partition coefficient (Wildman–Crippen LogP) is 7.65. The molecule has 8 rings (SSSR count). The molecule has 0 aromatic heterocycles. The van der Waals surface area contributed by atoms with Crippen LogP contribution in [0.3, 0.4) is 0 Å². The van der Waals surface area contributed by atoms with Crippen LogP contribution >= 0.6 is 0 Å². The van der Waals surface area contributed by atoms with Crippen molar-refractivity contribution >= 4 is 6.09 Å². The van der Waals surface area contributed by atoms with Gasteiger partial charge < -0.3 is 33.7 Å². The van der Waals surface area contributed by atoms with Crippen LogP contribution in [0.25, 0.3) is 0 Å². The van der Waals surface area contributed by atoms with E-state index in [0.29, 0.717) is 52.4 Å². The molecule has 10 heteroatoms. The number of amides is 1. The molecular weight excluding hydrogens is 646 g/mol. The second-order valence-electron chi connectivity index (χ2n) is 13.9. The quantitative estimate of drug-likeness (QED) is 0.226. The normalized spacial score (nSPS) is 18.4. The molecular formula is C41H47N3O7. The molecule has 2 atom stereocenters. The number of benzene rings is 4. The van der Waals surface area contributed by atoms with Gasteiger partial charge in [0.1, 0.15) is 5.75 Å². The number of likely N-dealkylation sites (N-methyl/N-ethyl adjacent to an activating group) is 2. The van der Waals surface area contributed by atoms with Gasteiger partial charge in [-0.25, -0.2) is 4.79 Å². The Kier molecular flexibility index (Phi) is 9.72. The molecule has 0 spiro atoms. The molecule has 10 nitrogen and oxygen atoms in total. The number of methoxy groups -OCH3 is 3. The van der Waals surface area contributed by atoms with E-state index in [4.69, 9.17) is 28.4 Å². The lowest BCUT2D eigenvalue weighted by Gasteiger charge is -2.37. The Hall–Kier alpha value is -4.93. The minimum atomic E-state index is -0.527. The highest BCUT2D eigenvalue weighted by atomic mass is 16.6. The Morgan fingerprint density at radius 3 is 2.10 bits per heavy atom. The Morgan fingerprint density at radius 2 is 1.39 bits per heavy atom. The van der Waals surface area contributed by atoms with Crippen molar-refractivity contribution in [2.45, 2.75) is 57.7 Å². The summed E-state index contributed by atoms with van der Waals surface area (Å²) in [5, 5.41) is 2.80. The van der Waals surface area contributed by atoms with Crippen LogP contribution in [-0.4, -0.2) is 70.4 Å². The Morgan fingerprint density at radius 1 is 0.745 bits per heavy atom. The Balaban J connectivity index is 1.41. The summed E-state index contributed by atoms with van der Waals surface area (Å²) >= 11 is 0. The fraction of sp³-hybridized carbons (Fsp3) is 0.390. The first-order valence-electron chi connectivity index (χ1n) is 17.6. The van der Waals surface area contributed by atoms with Crippen LogP contribution in [0.4, 0.5) is 4.79 Å². The lowest BCUT2D eigenvalue weighted by atomic mass is 9.87. The smallest absolute Gasteiger partial charge is 0.412 e. The highest BCUT2D eigenvalue weighted by Gasteiger charge is 2.34. The second-order valence-corrected chi connectivity index (χ2v) is 13.9. The van der Waals surface area contributed by atoms with E-state index in [2.05, 4.69) is 59.5 Å². The van der Waals surface area contributed by atoms with Gasteiger partial charge in [0.25, 0.3) is 0 Å². The highest BCUT2D eigenvalue weighted by Crippen LogP contribution is 2.52. The van der Waals surface area contributed by atoms with Crippen molar-refractivity contribution in [2.24, 2.45) is 0 Å². The summed E-state index contributed by atoms with van der Waals surface area (Å²) in [6.45, 7) is 5.56. The third kappa shape index (κ3) is 6.90.